The highest BCUT2D eigenvalue weighted by Gasteiger charge is 2.40. The Kier molecular flexibility index (Phi) is 4.65. The highest BCUT2D eigenvalue weighted by atomic mass is 19.3. The van der Waals surface area contributed by atoms with Crippen molar-refractivity contribution < 1.29 is 22.4 Å². The number of hydrogen-bond donors (Lipinski definition) is 2. The van der Waals surface area contributed by atoms with Crippen LogP contribution in [0.25, 0.3) is 0 Å². The van der Waals surface area contributed by atoms with E-state index in [4.69, 9.17) is 5.73 Å². The zero-order valence-corrected chi connectivity index (χ0v) is 9.25. The lowest BCUT2D eigenvalue weighted by Crippen LogP contribution is -2.41. The first-order valence-corrected chi connectivity index (χ1v) is 5.03. The fourth-order valence-corrected chi connectivity index (χ4v) is 1.11. The first kappa shape index (κ1) is 14.4. The number of imidazole rings is 1. The number of nitrogens with one attached hydrogen (secondary N) is 1. The van der Waals surface area contributed by atoms with Crippen molar-refractivity contribution in [3.63, 3.8) is 0 Å². The van der Waals surface area contributed by atoms with Gasteiger partial charge >= 0.3 is 12.3 Å². The SMILES string of the molecule is NCCn1cnc(C(=O)NCC(F)(F)C(F)F)c1. The Morgan fingerprint density at radius 1 is 1.56 bits per heavy atom. The average Bonchev–Trinajstić information content (AvgIpc) is 2.75. The van der Waals surface area contributed by atoms with Crippen LogP contribution >= 0.6 is 0 Å². The smallest absolute Gasteiger partial charge is 0.324 e. The molecule has 0 atom stereocenters. The van der Waals surface area contributed by atoms with Crippen molar-refractivity contribution in [2.75, 3.05) is 13.1 Å². The van der Waals surface area contributed by atoms with Gasteiger partial charge in [0.15, 0.2) is 0 Å². The van der Waals surface area contributed by atoms with Crippen molar-refractivity contribution in [2.24, 2.45) is 5.73 Å². The predicted octanol–water partition coefficient (Wildman–Crippen LogP) is 0.472. The van der Waals surface area contributed by atoms with E-state index in [0.717, 1.165) is 0 Å². The molecule has 0 radical (unpaired) electrons. The predicted molar refractivity (Wildman–Crippen MR) is 54.6 cm³/mol. The van der Waals surface area contributed by atoms with Gasteiger partial charge in [-0.15, -0.1) is 0 Å². The number of alkyl halides is 4. The van der Waals surface area contributed by atoms with Gasteiger partial charge in [-0.3, -0.25) is 4.79 Å². The number of amides is 1. The maximum absolute atomic E-state index is 12.5. The summed E-state index contributed by atoms with van der Waals surface area (Å²) in [5.41, 5.74) is 5.13. The van der Waals surface area contributed by atoms with Crippen molar-refractivity contribution in [1.29, 1.82) is 0 Å². The molecule has 102 valence electrons. The van der Waals surface area contributed by atoms with Crippen molar-refractivity contribution in [3.8, 4) is 0 Å². The van der Waals surface area contributed by atoms with E-state index in [0.29, 0.717) is 13.1 Å². The van der Waals surface area contributed by atoms with Gasteiger partial charge in [0.2, 0.25) is 0 Å². The summed E-state index contributed by atoms with van der Waals surface area (Å²) in [5.74, 6) is -5.19. The molecule has 0 saturated carbocycles. The lowest BCUT2D eigenvalue weighted by Gasteiger charge is -2.15. The van der Waals surface area contributed by atoms with E-state index >= 15 is 0 Å². The van der Waals surface area contributed by atoms with Crippen LogP contribution in [0.1, 0.15) is 10.5 Å². The first-order valence-electron chi connectivity index (χ1n) is 5.03. The third kappa shape index (κ3) is 3.69. The van der Waals surface area contributed by atoms with Gasteiger partial charge in [-0.2, -0.15) is 8.78 Å². The van der Waals surface area contributed by atoms with E-state index in [1.54, 1.807) is 5.32 Å². The van der Waals surface area contributed by atoms with Gasteiger partial charge in [-0.25, -0.2) is 13.8 Å². The van der Waals surface area contributed by atoms with Gasteiger partial charge < -0.3 is 15.6 Å². The maximum atomic E-state index is 12.5. The average molecular weight is 268 g/mol. The molecule has 1 aromatic heterocycles. The Hall–Kier alpha value is -1.64. The van der Waals surface area contributed by atoms with E-state index in [1.807, 2.05) is 0 Å². The Bertz CT molecular complexity index is 407. The summed E-state index contributed by atoms with van der Waals surface area (Å²) < 4.78 is 50.2. The van der Waals surface area contributed by atoms with Gasteiger partial charge in [-0.1, -0.05) is 0 Å². The van der Waals surface area contributed by atoms with E-state index in [9.17, 15) is 22.4 Å². The Morgan fingerprint density at radius 2 is 2.22 bits per heavy atom. The number of rotatable bonds is 6. The van der Waals surface area contributed by atoms with Crippen molar-refractivity contribution in [2.45, 2.75) is 18.9 Å². The number of carbonyl (C=O) groups is 1. The van der Waals surface area contributed by atoms with Crippen LogP contribution < -0.4 is 11.1 Å². The molecule has 9 heteroatoms. The summed E-state index contributed by atoms with van der Waals surface area (Å²) in [7, 11) is 0. The van der Waals surface area contributed by atoms with Crippen LogP contribution in [0.5, 0.6) is 0 Å². The summed E-state index contributed by atoms with van der Waals surface area (Å²) in [4.78, 5) is 15.0. The van der Waals surface area contributed by atoms with Gasteiger partial charge in [0.25, 0.3) is 5.91 Å². The van der Waals surface area contributed by atoms with Crippen LogP contribution in [0, 0.1) is 0 Å². The molecule has 0 aliphatic heterocycles. The number of nitrogens with two attached hydrogens (primary N) is 1. The molecule has 0 saturated heterocycles. The number of aromatic nitrogens is 2. The fourth-order valence-electron chi connectivity index (χ4n) is 1.11. The summed E-state index contributed by atoms with van der Waals surface area (Å²) >= 11 is 0. The molecule has 18 heavy (non-hydrogen) atoms. The molecule has 0 aliphatic rings. The third-order valence-electron chi connectivity index (χ3n) is 2.06. The Morgan fingerprint density at radius 3 is 2.78 bits per heavy atom. The minimum absolute atomic E-state index is 0.131. The second kappa shape index (κ2) is 5.80. The monoisotopic (exact) mass is 268 g/mol. The third-order valence-corrected chi connectivity index (χ3v) is 2.06. The summed E-state index contributed by atoms with van der Waals surface area (Å²) in [5, 5.41) is 1.70. The molecule has 1 aromatic rings. The molecular formula is C9H12F4N4O. The number of nitrogens with zero attached hydrogens (tertiary/aromatic N) is 2. The van der Waals surface area contributed by atoms with Crippen LogP contribution in [0.2, 0.25) is 0 Å². The van der Waals surface area contributed by atoms with E-state index in [2.05, 4.69) is 4.98 Å². The normalized spacial score (nSPS) is 11.9. The molecule has 0 aromatic carbocycles. The zero-order valence-electron chi connectivity index (χ0n) is 9.25. The van der Waals surface area contributed by atoms with Gasteiger partial charge in [0.05, 0.1) is 12.9 Å². The summed E-state index contributed by atoms with van der Waals surface area (Å²) in [6.07, 6.45) is -1.23. The van der Waals surface area contributed by atoms with Gasteiger partial charge in [0, 0.05) is 19.3 Å². The second-order valence-electron chi connectivity index (χ2n) is 3.53. The fraction of sp³-hybridized carbons (Fsp3) is 0.556. The number of carbonyl (C=O) groups excluding carboxylic acids is 1. The molecular weight excluding hydrogens is 256 g/mol. The van der Waals surface area contributed by atoms with Gasteiger partial charge in [0.1, 0.15) is 5.69 Å². The highest BCUT2D eigenvalue weighted by molar-refractivity contribution is 5.92. The number of halogens is 4. The van der Waals surface area contributed by atoms with Crippen molar-refractivity contribution in [3.05, 3.63) is 18.2 Å². The van der Waals surface area contributed by atoms with Crippen molar-refractivity contribution in [1.82, 2.24) is 14.9 Å². The summed E-state index contributed by atoms with van der Waals surface area (Å²) in [6, 6.07) is 0. The minimum atomic E-state index is -4.25. The lowest BCUT2D eigenvalue weighted by molar-refractivity contribution is -0.123. The van der Waals surface area contributed by atoms with E-state index in [-0.39, 0.29) is 5.69 Å². The molecule has 0 unspecified atom stereocenters. The first-order chi connectivity index (χ1) is 8.36. The van der Waals surface area contributed by atoms with Crippen LogP contribution in [-0.4, -0.2) is 40.9 Å². The number of hydrogen-bond acceptors (Lipinski definition) is 3. The van der Waals surface area contributed by atoms with Crippen LogP contribution in [0.3, 0.4) is 0 Å². The van der Waals surface area contributed by atoms with Crippen LogP contribution in [0.4, 0.5) is 17.6 Å². The molecule has 0 fully saturated rings. The topological polar surface area (TPSA) is 72.9 Å². The Labute approximate surface area is 100.0 Å². The molecule has 3 N–H and O–H groups in total. The minimum Gasteiger partial charge on any atom is -0.344 e. The largest absolute Gasteiger partial charge is 0.344 e. The van der Waals surface area contributed by atoms with E-state index in [1.165, 1.54) is 17.1 Å². The quantitative estimate of drug-likeness (QED) is 0.737. The van der Waals surface area contributed by atoms with E-state index < -0.39 is 24.8 Å². The molecule has 1 amide bonds. The standard InChI is InChI=1S/C9H12F4N4O/c10-8(11)9(12,13)4-15-7(18)6-3-17(2-1-14)5-16-6/h3,5,8H,1-2,4,14H2,(H,15,18). The molecule has 1 rings (SSSR count). The zero-order chi connectivity index (χ0) is 13.8. The summed E-state index contributed by atoms with van der Waals surface area (Å²) in [6.45, 7) is -0.707. The molecule has 0 spiro atoms. The van der Waals surface area contributed by atoms with Gasteiger partial charge in [-0.05, 0) is 0 Å². The Balaban J connectivity index is 2.55. The highest BCUT2D eigenvalue weighted by Crippen LogP contribution is 2.21. The molecule has 1 heterocycles. The second-order valence-corrected chi connectivity index (χ2v) is 3.53. The van der Waals surface area contributed by atoms with Crippen molar-refractivity contribution >= 4 is 5.91 Å². The van der Waals surface area contributed by atoms with Crippen LogP contribution in [0.15, 0.2) is 12.5 Å². The lowest BCUT2D eigenvalue weighted by atomic mass is 10.3. The molecule has 0 bridgehead atoms. The van der Waals surface area contributed by atoms with Crippen LogP contribution in [-0.2, 0) is 6.54 Å². The molecule has 0 aliphatic carbocycles. The maximum Gasteiger partial charge on any atom is 0.324 e. The molecule has 5 nitrogen and oxygen atoms in total.